The number of benzene rings is 1. The monoisotopic (exact) mass is 292 g/mol. The van der Waals surface area contributed by atoms with E-state index in [2.05, 4.69) is 17.2 Å². The summed E-state index contributed by atoms with van der Waals surface area (Å²) in [7, 11) is 1.46. The van der Waals surface area contributed by atoms with Crippen LogP contribution in [0.25, 0.3) is 0 Å². The van der Waals surface area contributed by atoms with Crippen LogP contribution in [-0.2, 0) is 13.0 Å². The molecule has 0 aliphatic rings. The van der Waals surface area contributed by atoms with Gasteiger partial charge in [0.25, 0.3) is 5.91 Å². The van der Waals surface area contributed by atoms with Crippen LogP contribution in [0.15, 0.2) is 24.4 Å². The molecule has 0 bridgehead atoms. The van der Waals surface area contributed by atoms with E-state index in [9.17, 15) is 9.90 Å². The zero-order valence-electron chi connectivity index (χ0n) is 11.3. The fourth-order valence-electron chi connectivity index (χ4n) is 1.68. The van der Waals surface area contributed by atoms with Crippen LogP contribution in [0.4, 0.5) is 0 Å². The fourth-order valence-corrected chi connectivity index (χ4v) is 2.48. The molecule has 106 valence electrons. The van der Waals surface area contributed by atoms with Crippen LogP contribution >= 0.6 is 11.3 Å². The summed E-state index contributed by atoms with van der Waals surface area (Å²) in [5, 5.41) is 13.3. The van der Waals surface area contributed by atoms with Crippen LogP contribution < -0.4 is 10.1 Å². The standard InChI is InChI=1S/C14H16N2O3S/c1-3-10-7-15-13(20-10)8-16-14(18)9-4-5-12(19-2)11(17)6-9/h4-7,17H,3,8H2,1-2H3,(H,16,18). The van der Waals surface area contributed by atoms with Gasteiger partial charge in [-0.2, -0.15) is 0 Å². The number of aromatic nitrogens is 1. The third-order valence-electron chi connectivity index (χ3n) is 2.79. The lowest BCUT2D eigenvalue weighted by Gasteiger charge is -2.06. The summed E-state index contributed by atoms with van der Waals surface area (Å²) in [5.41, 5.74) is 0.385. The van der Waals surface area contributed by atoms with Gasteiger partial charge < -0.3 is 15.2 Å². The minimum absolute atomic E-state index is 0.0531. The number of hydrogen-bond acceptors (Lipinski definition) is 5. The lowest BCUT2D eigenvalue weighted by Crippen LogP contribution is -2.22. The number of phenols is 1. The first-order valence-corrected chi connectivity index (χ1v) is 7.04. The summed E-state index contributed by atoms with van der Waals surface area (Å²) in [6.45, 7) is 2.45. The van der Waals surface area contributed by atoms with Crippen molar-refractivity contribution in [2.75, 3.05) is 7.11 Å². The number of rotatable bonds is 5. The third-order valence-corrected chi connectivity index (χ3v) is 3.93. The van der Waals surface area contributed by atoms with Crippen molar-refractivity contribution >= 4 is 17.2 Å². The van der Waals surface area contributed by atoms with Gasteiger partial charge in [0.1, 0.15) is 5.01 Å². The number of methoxy groups -OCH3 is 1. The van der Waals surface area contributed by atoms with Crippen LogP contribution in [0.5, 0.6) is 11.5 Å². The molecule has 0 fully saturated rings. The van der Waals surface area contributed by atoms with Gasteiger partial charge in [-0.3, -0.25) is 4.79 Å². The number of ether oxygens (including phenoxy) is 1. The number of thiazole rings is 1. The largest absolute Gasteiger partial charge is 0.504 e. The normalized spacial score (nSPS) is 10.3. The van der Waals surface area contributed by atoms with Gasteiger partial charge in [0, 0.05) is 16.6 Å². The zero-order chi connectivity index (χ0) is 14.5. The highest BCUT2D eigenvalue weighted by atomic mass is 32.1. The van der Waals surface area contributed by atoms with E-state index in [1.54, 1.807) is 23.5 Å². The molecule has 1 aromatic carbocycles. The van der Waals surface area contributed by atoms with Gasteiger partial charge in [-0.25, -0.2) is 4.98 Å². The van der Waals surface area contributed by atoms with E-state index in [0.717, 1.165) is 11.4 Å². The quantitative estimate of drug-likeness (QED) is 0.887. The van der Waals surface area contributed by atoms with Gasteiger partial charge >= 0.3 is 0 Å². The van der Waals surface area contributed by atoms with Crippen molar-refractivity contribution in [2.45, 2.75) is 19.9 Å². The van der Waals surface area contributed by atoms with Crippen molar-refractivity contribution in [3.05, 3.63) is 39.8 Å². The maximum Gasteiger partial charge on any atom is 0.251 e. The van der Waals surface area contributed by atoms with Crippen molar-refractivity contribution in [3.8, 4) is 11.5 Å². The smallest absolute Gasteiger partial charge is 0.251 e. The molecule has 1 heterocycles. The molecule has 1 amide bonds. The molecule has 0 aliphatic heterocycles. The summed E-state index contributed by atoms with van der Waals surface area (Å²) in [6, 6.07) is 4.55. The van der Waals surface area contributed by atoms with Crippen molar-refractivity contribution < 1.29 is 14.6 Å². The Morgan fingerprint density at radius 3 is 2.90 bits per heavy atom. The van der Waals surface area contributed by atoms with Gasteiger partial charge in [0.2, 0.25) is 0 Å². The molecule has 0 saturated carbocycles. The van der Waals surface area contributed by atoms with Crippen LogP contribution in [-0.4, -0.2) is 23.1 Å². The van der Waals surface area contributed by atoms with Crippen LogP contribution in [0.1, 0.15) is 27.2 Å². The van der Waals surface area contributed by atoms with E-state index in [1.807, 2.05) is 6.20 Å². The summed E-state index contributed by atoms with van der Waals surface area (Å²) >= 11 is 1.58. The van der Waals surface area contributed by atoms with Gasteiger partial charge in [0.15, 0.2) is 11.5 Å². The summed E-state index contributed by atoms with van der Waals surface area (Å²) < 4.78 is 4.93. The maximum absolute atomic E-state index is 12.0. The summed E-state index contributed by atoms with van der Waals surface area (Å²) in [6.07, 6.45) is 2.77. The molecule has 2 aromatic rings. The van der Waals surface area contributed by atoms with Crippen molar-refractivity contribution in [3.63, 3.8) is 0 Å². The Balaban J connectivity index is 1.99. The molecular formula is C14H16N2O3S. The van der Waals surface area contributed by atoms with Crippen molar-refractivity contribution in [1.82, 2.24) is 10.3 Å². The Morgan fingerprint density at radius 1 is 1.50 bits per heavy atom. The molecule has 2 rings (SSSR count). The number of amides is 1. The molecule has 0 spiro atoms. The Hall–Kier alpha value is -2.08. The van der Waals surface area contributed by atoms with Crippen LogP contribution in [0, 0.1) is 0 Å². The van der Waals surface area contributed by atoms with Gasteiger partial charge in [-0.15, -0.1) is 11.3 Å². The Morgan fingerprint density at radius 2 is 2.30 bits per heavy atom. The summed E-state index contributed by atoms with van der Waals surface area (Å²) in [4.78, 5) is 17.4. The Bertz CT molecular complexity index is 610. The number of hydrogen-bond donors (Lipinski definition) is 2. The number of aromatic hydroxyl groups is 1. The van der Waals surface area contributed by atoms with Gasteiger partial charge in [-0.05, 0) is 24.6 Å². The second kappa shape index (κ2) is 6.38. The zero-order valence-corrected chi connectivity index (χ0v) is 12.2. The number of carbonyl (C=O) groups excluding carboxylic acids is 1. The van der Waals surface area contributed by atoms with E-state index >= 15 is 0 Å². The topological polar surface area (TPSA) is 71.5 Å². The second-order valence-corrected chi connectivity index (χ2v) is 5.34. The lowest BCUT2D eigenvalue weighted by molar-refractivity contribution is 0.0950. The predicted octanol–water partition coefficient (Wildman–Crippen LogP) is 2.35. The average Bonchev–Trinajstić information content (AvgIpc) is 2.92. The molecule has 0 unspecified atom stereocenters. The van der Waals surface area contributed by atoms with Gasteiger partial charge in [-0.1, -0.05) is 6.92 Å². The number of phenolic OH excluding ortho intramolecular Hbond substituents is 1. The summed E-state index contributed by atoms with van der Waals surface area (Å²) in [5.74, 6) is 0.0351. The highest BCUT2D eigenvalue weighted by Crippen LogP contribution is 2.26. The first kappa shape index (κ1) is 14.3. The second-order valence-electron chi connectivity index (χ2n) is 4.14. The predicted molar refractivity (Wildman–Crippen MR) is 77.3 cm³/mol. The molecular weight excluding hydrogens is 276 g/mol. The third kappa shape index (κ3) is 3.27. The minimum atomic E-state index is -0.254. The highest BCUT2D eigenvalue weighted by Gasteiger charge is 2.10. The molecule has 0 radical (unpaired) electrons. The molecule has 2 N–H and O–H groups in total. The number of carbonyl (C=O) groups is 1. The molecule has 0 saturated heterocycles. The number of aryl methyl sites for hydroxylation is 1. The van der Waals surface area contributed by atoms with E-state index in [-0.39, 0.29) is 11.7 Å². The maximum atomic E-state index is 12.0. The molecule has 0 aliphatic carbocycles. The average molecular weight is 292 g/mol. The Labute approximate surface area is 121 Å². The van der Waals surface area contributed by atoms with E-state index in [1.165, 1.54) is 18.1 Å². The number of nitrogens with zero attached hydrogens (tertiary/aromatic N) is 1. The minimum Gasteiger partial charge on any atom is -0.504 e. The SMILES string of the molecule is CCc1cnc(CNC(=O)c2ccc(OC)c(O)c2)s1. The number of nitrogens with one attached hydrogen (secondary N) is 1. The van der Waals surface area contributed by atoms with Crippen molar-refractivity contribution in [1.29, 1.82) is 0 Å². The van der Waals surface area contributed by atoms with Gasteiger partial charge in [0.05, 0.1) is 13.7 Å². The molecule has 1 aromatic heterocycles. The van der Waals surface area contributed by atoms with Crippen LogP contribution in [0.2, 0.25) is 0 Å². The Kier molecular flexibility index (Phi) is 4.57. The van der Waals surface area contributed by atoms with E-state index in [4.69, 9.17) is 4.74 Å². The molecule has 5 nitrogen and oxygen atoms in total. The highest BCUT2D eigenvalue weighted by molar-refractivity contribution is 7.11. The lowest BCUT2D eigenvalue weighted by atomic mass is 10.2. The first-order chi connectivity index (χ1) is 9.63. The first-order valence-electron chi connectivity index (χ1n) is 6.22. The van der Waals surface area contributed by atoms with E-state index in [0.29, 0.717) is 17.9 Å². The molecule has 6 heteroatoms. The molecule has 0 atom stereocenters. The van der Waals surface area contributed by atoms with E-state index < -0.39 is 0 Å². The fraction of sp³-hybridized carbons (Fsp3) is 0.286. The van der Waals surface area contributed by atoms with Crippen molar-refractivity contribution in [2.24, 2.45) is 0 Å². The molecule has 20 heavy (non-hydrogen) atoms. The van der Waals surface area contributed by atoms with Crippen LogP contribution in [0.3, 0.4) is 0 Å².